The van der Waals surface area contributed by atoms with E-state index in [0.29, 0.717) is 38.0 Å². The normalized spacial score (nSPS) is 15.2. The van der Waals surface area contributed by atoms with Crippen molar-refractivity contribution >= 4 is 5.91 Å². The van der Waals surface area contributed by atoms with Crippen molar-refractivity contribution in [2.45, 2.75) is 25.8 Å². The van der Waals surface area contributed by atoms with Gasteiger partial charge in [0.05, 0.1) is 26.4 Å². The van der Waals surface area contributed by atoms with E-state index >= 15 is 0 Å². The van der Waals surface area contributed by atoms with Crippen LogP contribution in [0.2, 0.25) is 0 Å². The Morgan fingerprint density at radius 3 is 2.52 bits per heavy atom. The third-order valence-electron chi connectivity index (χ3n) is 5.81. The van der Waals surface area contributed by atoms with Crippen molar-refractivity contribution in [3.8, 4) is 17.2 Å². The first-order chi connectivity index (χ1) is 16.1. The van der Waals surface area contributed by atoms with Crippen LogP contribution in [0.3, 0.4) is 0 Å². The molecule has 1 fully saturated rings. The van der Waals surface area contributed by atoms with Crippen molar-refractivity contribution in [3.63, 3.8) is 0 Å². The van der Waals surface area contributed by atoms with Gasteiger partial charge in [-0.25, -0.2) is 0 Å². The molecule has 0 aliphatic carbocycles. The SMILES string of the molecule is COc1ccc(C(CNC(=O)CCc2nnc(-c3ccc(C)cc3)o2)N2CCOCC2)cc1. The fraction of sp³-hybridized carbons (Fsp3) is 0.400. The lowest BCUT2D eigenvalue weighted by atomic mass is 10.0. The highest BCUT2D eigenvalue weighted by Gasteiger charge is 2.23. The first-order valence-corrected chi connectivity index (χ1v) is 11.2. The summed E-state index contributed by atoms with van der Waals surface area (Å²) in [6.45, 7) is 5.60. The van der Waals surface area contributed by atoms with E-state index in [1.807, 2.05) is 43.3 Å². The van der Waals surface area contributed by atoms with E-state index in [0.717, 1.165) is 30.0 Å². The van der Waals surface area contributed by atoms with Crippen LogP contribution in [0.1, 0.15) is 29.5 Å². The molecule has 1 aliphatic heterocycles. The van der Waals surface area contributed by atoms with Gasteiger partial charge in [0.1, 0.15) is 5.75 Å². The molecule has 1 amide bonds. The van der Waals surface area contributed by atoms with Crippen molar-refractivity contribution in [2.24, 2.45) is 0 Å². The summed E-state index contributed by atoms with van der Waals surface area (Å²) in [5.74, 6) is 1.70. The lowest BCUT2D eigenvalue weighted by molar-refractivity contribution is -0.121. The van der Waals surface area contributed by atoms with E-state index < -0.39 is 0 Å². The number of rotatable bonds is 9. The Labute approximate surface area is 193 Å². The van der Waals surface area contributed by atoms with Gasteiger partial charge in [0.15, 0.2) is 0 Å². The Balaban J connectivity index is 1.33. The molecule has 1 saturated heterocycles. The van der Waals surface area contributed by atoms with Crippen LogP contribution in [-0.4, -0.2) is 61.0 Å². The molecule has 0 radical (unpaired) electrons. The molecule has 3 aromatic rings. The fourth-order valence-corrected chi connectivity index (χ4v) is 3.86. The van der Waals surface area contributed by atoms with Crippen LogP contribution in [0.5, 0.6) is 5.75 Å². The number of hydrogen-bond donors (Lipinski definition) is 1. The van der Waals surface area contributed by atoms with Crippen LogP contribution < -0.4 is 10.1 Å². The minimum absolute atomic E-state index is 0.0446. The summed E-state index contributed by atoms with van der Waals surface area (Å²) in [6, 6.07) is 16.0. The third kappa shape index (κ3) is 6.18. The number of amides is 1. The average Bonchev–Trinajstić information content (AvgIpc) is 3.33. The summed E-state index contributed by atoms with van der Waals surface area (Å²) in [5.41, 5.74) is 3.18. The van der Waals surface area contributed by atoms with E-state index in [4.69, 9.17) is 13.9 Å². The Morgan fingerprint density at radius 2 is 1.82 bits per heavy atom. The van der Waals surface area contributed by atoms with Gasteiger partial charge in [-0.2, -0.15) is 0 Å². The lowest BCUT2D eigenvalue weighted by Crippen LogP contribution is -2.43. The van der Waals surface area contributed by atoms with Gasteiger partial charge in [-0.15, -0.1) is 10.2 Å². The maximum Gasteiger partial charge on any atom is 0.247 e. The molecular formula is C25H30N4O4. The molecule has 1 atom stereocenters. The molecule has 1 aromatic heterocycles. The minimum Gasteiger partial charge on any atom is -0.497 e. The second-order valence-electron chi connectivity index (χ2n) is 8.11. The quantitative estimate of drug-likeness (QED) is 0.536. The van der Waals surface area contributed by atoms with Gasteiger partial charge in [0.2, 0.25) is 17.7 Å². The fourth-order valence-electron chi connectivity index (χ4n) is 3.86. The number of carbonyl (C=O) groups is 1. The predicted molar refractivity (Wildman–Crippen MR) is 124 cm³/mol. The van der Waals surface area contributed by atoms with E-state index in [2.05, 4.69) is 32.5 Å². The predicted octanol–water partition coefficient (Wildman–Crippen LogP) is 3.18. The third-order valence-corrected chi connectivity index (χ3v) is 5.81. The highest BCUT2D eigenvalue weighted by Crippen LogP contribution is 2.24. The van der Waals surface area contributed by atoms with Crippen LogP contribution >= 0.6 is 0 Å². The molecule has 33 heavy (non-hydrogen) atoms. The number of morpholine rings is 1. The molecular weight excluding hydrogens is 420 g/mol. The average molecular weight is 451 g/mol. The molecule has 4 rings (SSSR count). The van der Waals surface area contributed by atoms with E-state index in [1.54, 1.807) is 7.11 Å². The van der Waals surface area contributed by atoms with Gasteiger partial charge >= 0.3 is 0 Å². The number of nitrogens with zero attached hydrogens (tertiary/aromatic N) is 3. The van der Waals surface area contributed by atoms with Gasteiger partial charge in [-0.3, -0.25) is 9.69 Å². The van der Waals surface area contributed by atoms with Gasteiger partial charge in [-0.1, -0.05) is 29.8 Å². The summed E-state index contributed by atoms with van der Waals surface area (Å²) >= 11 is 0. The van der Waals surface area contributed by atoms with Gasteiger partial charge in [0.25, 0.3) is 0 Å². The molecule has 8 nitrogen and oxygen atoms in total. The van der Waals surface area contributed by atoms with Gasteiger partial charge < -0.3 is 19.2 Å². The number of benzene rings is 2. The van der Waals surface area contributed by atoms with Crippen LogP contribution in [0.25, 0.3) is 11.5 Å². The Bertz CT molecular complexity index is 1030. The smallest absolute Gasteiger partial charge is 0.247 e. The largest absolute Gasteiger partial charge is 0.497 e. The van der Waals surface area contributed by atoms with Gasteiger partial charge in [-0.05, 0) is 36.8 Å². The molecule has 8 heteroatoms. The first kappa shape index (κ1) is 22.9. The summed E-state index contributed by atoms with van der Waals surface area (Å²) < 4.78 is 16.5. The molecule has 1 unspecified atom stereocenters. The number of carbonyl (C=O) groups excluding carboxylic acids is 1. The van der Waals surface area contributed by atoms with Crippen molar-refractivity contribution in [1.82, 2.24) is 20.4 Å². The second-order valence-corrected chi connectivity index (χ2v) is 8.11. The van der Waals surface area contributed by atoms with E-state index in [9.17, 15) is 4.79 Å². The molecule has 1 N–H and O–H groups in total. The summed E-state index contributed by atoms with van der Waals surface area (Å²) in [4.78, 5) is 14.9. The van der Waals surface area contributed by atoms with Gasteiger partial charge in [0, 0.05) is 38.0 Å². The molecule has 174 valence electrons. The minimum atomic E-state index is -0.0446. The molecule has 1 aliphatic rings. The zero-order chi connectivity index (χ0) is 23.0. The summed E-state index contributed by atoms with van der Waals surface area (Å²) in [6.07, 6.45) is 0.684. The number of hydrogen-bond acceptors (Lipinski definition) is 7. The molecule has 0 spiro atoms. The highest BCUT2D eigenvalue weighted by atomic mass is 16.5. The summed E-state index contributed by atoms with van der Waals surface area (Å²) in [5, 5.41) is 11.3. The van der Waals surface area contributed by atoms with Crippen LogP contribution in [0.15, 0.2) is 52.9 Å². The van der Waals surface area contributed by atoms with Crippen molar-refractivity contribution in [2.75, 3.05) is 40.0 Å². The number of ether oxygens (including phenoxy) is 2. The van der Waals surface area contributed by atoms with Crippen molar-refractivity contribution in [1.29, 1.82) is 0 Å². The number of nitrogens with one attached hydrogen (secondary N) is 1. The number of aryl methyl sites for hydroxylation is 2. The number of aromatic nitrogens is 2. The maximum absolute atomic E-state index is 12.6. The van der Waals surface area contributed by atoms with Crippen molar-refractivity contribution in [3.05, 3.63) is 65.5 Å². The summed E-state index contributed by atoms with van der Waals surface area (Å²) in [7, 11) is 1.65. The topological polar surface area (TPSA) is 89.7 Å². The Morgan fingerprint density at radius 1 is 1.09 bits per heavy atom. The van der Waals surface area contributed by atoms with Crippen LogP contribution in [0, 0.1) is 6.92 Å². The second kappa shape index (κ2) is 11.1. The number of methoxy groups -OCH3 is 1. The molecule has 0 bridgehead atoms. The zero-order valence-electron chi connectivity index (χ0n) is 19.1. The molecule has 2 heterocycles. The zero-order valence-corrected chi connectivity index (χ0v) is 19.1. The molecule has 2 aromatic carbocycles. The van der Waals surface area contributed by atoms with E-state index in [-0.39, 0.29) is 18.4 Å². The maximum atomic E-state index is 12.6. The highest BCUT2D eigenvalue weighted by molar-refractivity contribution is 5.76. The van der Waals surface area contributed by atoms with Crippen molar-refractivity contribution < 1.29 is 18.7 Å². The Kier molecular flexibility index (Phi) is 7.70. The van der Waals surface area contributed by atoms with Crippen LogP contribution in [-0.2, 0) is 16.0 Å². The Hall–Kier alpha value is -3.23. The monoisotopic (exact) mass is 450 g/mol. The molecule has 0 saturated carbocycles. The standard InChI is InChI=1S/C25H30N4O4/c1-18-3-5-20(6-4-18)25-28-27-24(33-25)12-11-23(30)26-17-22(29-13-15-32-16-14-29)19-7-9-21(31-2)10-8-19/h3-10,22H,11-17H2,1-2H3,(H,26,30). The first-order valence-electron chi connectivity index (χ1n) is 11.2. The lowest BCUT2D eigenvalue weighted by Gasteiger charge is -2.35. The van der Waals surface area contributed by atoms with E-state index in [1.165, 1.54) is 5.56 Å². The van der Waals surface area contributed by atoms with Crippen LogP contribution in [0.4, 0.5) is 0 Å².